The van der Waals surface area contributed by atoms with Crippen LogP contribution in [0.25, 0.3) is 10.2 Å². The zero-order valence-corrected chi connectivity index (χ0v) is 16.6. The molecule has 5 nitrogen and oxygen atoms in total. The molecule has 1 aliphatic rings. The fourth-order valence-corrected chi connectivity index (χ4v) is 4.68. The van der Waals surface area contributed by atoms with Crippen LogP contribution in [0.5, 0.6) is 0 Å². The average Bonchev–Trinajstić information content (AvgIpc) is 3.01. The Hall–Kier alpha value is -2.47. The second-order valence-electron chi connectivity index (χ2n) is 7.13. The maximum Gasteiger partial charge on any atom is 0.223 e. The number of rotatable bonds is 4. The summed E-state index contributed by atoms with van der Waals surface area (Å²) >= 11 is 1.72. The Balaban J connectivity index is 1.40. The van der Waals surface area contributed by atoms with Gasteiger partial charge in [-0.05, 0) is 37.8 Å². The molecule has 6 heteroatoms. The summed E-state index contributed by atoms with van der Waals surface area (Å²) in [5.41, 5.74) is 2.41. The molecule has 1 fully saturated rings. The summed E-state index contributed by atoms with van der Waals surface area (Å²) in [7, 11) is 0. The van der Waals surface area contributed by atoms with E-state index in [0.717, 1.165) is 42.1 Å². The number of amides is 1. The molecule has 0 aliphatic carbocycles. The van der Waals surface area contributed by atoms with Crippen LogP contribution >= 0.6 is 11.3 Å². The highest BCUT2D eigenvalue weighted by Crippen LogP contribution is 2.35. The lowest BCUT2D eigenvalue weighted by atomic mass is 9.95. The molecule has 140 valence electrons. The fraction of sp³-hybridized carbons (Fsp3) is 0.381. The van der Waals surface area contributed by atoms with Gasteiger partial charge in [0.2, 0.25) is 5.91 Å². The molecule has 1 aliphatic heterocycles. The first-order chi connectivity index (χ1) is 13.1. The number of aromatic nitrogens is 2. The molecule has 4 rings (SSSR count). The van der Waals surface area contributed by atoms with Gasteiger partial charge in [-0.25, -0.2) is 9.97 Å². The van der Waals surface area contributed by atoms with Crippen molar-refractivity contribution < 1.29 is 4.79 Å². The summed E-state index contributed by atoms with van der Waals surface area (Å²) in [5, 5.41) is 4.26. The van der Waals surface area contributed by atoms with Gasteiger partial charge in [0.05, 0.1) is 5.39 Å². The van der Waals surface area contributed by atoms with Gasteiger partial charge >= 0.3 is 0 Å². The number of carbonyl (C=O) groups is 1. The maximum absolute atomic E-state index is 12.5. The van der Waals surface area contributed by atoms with Crippen molar-refractivity contribution in [1.82, 2.24) is 15.3 Å². The van der Waals surface area contributed by atoms with Crippen LogP contribution in [0.1, 0.15) is 28.8 Å². The number of hydrogen-bond acceptors (Lipinski definition) is 5. The van der Waals surface area contributed by atoms with Gasteiger partial charge in [-0.15, -0.1) is 11.3 Å². The van der Waals surface area contributed by atoms with E-state index >= 15 is 0 Å². The third-order valence-corrected chi connectivity index (χ3v) is 6.54. The zero-order valence-electron chi connectivity index (χ0n) is 15.7. The molecule has 1 amide bonds. The fourth-order valence-electron chi connectivity index (χ4n) is 3.69. The lowest BCUT2D eigenvalue weighted by Gasteiger charge is -2.32. The molecule has 27 heavy (non-hydrogen) atoms. The minimum absolute atomic E-state index is 0.0765. The molecule has 0 bridgehead atoms. The van der Waals surface area contributed by atoms with Crippen molar-refractivity contribution in [2.45, 2.75) is 33.2 Å². The Morgan fingerprint density at radius 2 is 1.93 bits per heavy atom. The quantitative estimate of drug-likeness (QED) is 0.747. The molecule has 2 aromatic heterocycles. The summed E-state index contributed by atoms with van der Waals surface area (Å²) in [6.07, 6.45) is 3.37. The molecule has 1 aromatic carbocycles. The topological polar surface area (TPSA) is 58.1 Å². The van der Waals surface area contributed by atoms with Crippen LogP contribution in [0.4, 0.5) is 5.82 Å². The van der Waals surface area contributed by atoms with Crippen LogP contribution in [0.2, 0.25) is 0 Å². The lowest BCUT2D eigenvalue weighted by Crippen LogP contribution is -2.40. The van der Waals surface area contributed by atoms with Gasteiger partial charge in [-0.3, -0.25) is 4.79 Å². The number of fused-ring (bicyclic) bond motifs is 1. The number of thiophene rings is 1. The Labute approximate surface area is 163 Å². The second-order valence-corrected chi connectivity index (χ2v) is 8.33. The Morgan fingerprint density at radius 1 is 1.19 bits per heavy atom. The summed E-state index contributed by atoms with van der Waals surface area (Å²) in [4.78, 5) is 26.2. The predicted molar refractivity (Wildman–Crippen MR) is 110 cm³/mol. The molecule has 0 atom stereocenters. The molecule has 0 spiro atoms. The standard InChI is InChI=1S/C21H24N4OS/c1-14-15(2)27-21-18(14)19(23-13-24-21)25-10-8-17(9-11-25)20(26)22-12-16-6-4-3-5-7-16/h3-7,13,17H,8-12H2,1-2H3,(H,22,26). The van der Waals surface area contributed by atoms with Gasteiger partial charge in [0, 0.05) is 30.4 Å². The van der Waals surface area contributed by atoms with E-state index in [9.17, 15) is 4.79 Å². The smallest absolute Gasteiger partial charge is 0.223 e. The van der Waals surface area contributed by atoms with Crippen LogP contribution < -0.4 is 10.2 Å². The highest BCUT2D eigenvalue weighted by atomic mass is 32.1. The van der Waals surface area contributed by atoms with E-state index in [2.05, 4.69) is 34.0 Å². The summed E-state index contributed by atoms with van der Waals surface area (Å²) in [6.45, 7) is 6.58. The largest absolute Gasteiger partial charge is 0.356 e. The SMILES string of the molecule is Cc1sc2ncnc(N3CCC(C(=O)NCc4ccccc4)CC3)c2c1C. The molecule has 0 saturated carbocycles. The molecule has 0 unspecified atom stereocenters. The average molecular weight is 381 g/mol. The van der Waals surface area contributed by atoms with Crippen LogP contribution in [0, 0.1) is 19.8 Å². The third kappa shape index (κ3) is 3.67. The van der Waals surface area contributed by atoms with Crippen molar-refractivity contribution in [3.8, 4) is 0 Å². The summed E-state index contributed by atoms with van der Waals surface area (Å²) in [5.74, 6) is 1.26. The van der Waals surface area contributed by atoms with Crippen LogP contribution in [0.3, 0.4) is 0 Å². The summed E-state index contributed by atoms with van der Waals surface area (Å²) < 4.78 is 0. The number of benzene rings is 1. The Kier molecular flexibility index (Phi) is 5.07. The van der Waals surface area contributed by atoms with Crippen molar-refractivity contribution in [2.75, 3.05) is 18.0 Å². The minimum atomic E-state index is 0.0765. The molecule has 3 aromatic rings. The number of nitrogens with one attached hydrogen (secondary N) is 1. The van der Waals surface area contributed by atoms with Crippen molar-refractivity contribution in [2.24, 2.45) is 5.92 Å². The van der Waals surface area contributed by atoms with Gasteiger partial charge in [0.15, 0.2) is 0 Å². The van der Waals surface area contributed by atoms with Gasteiger partial charge < -0.3 is 10.2 Å². The highest BCUT2D eigenvalue weighted by molar-refractivity contribution is 7.18. The first-order valence-corrected chi connectivity index (χ1v) is 10.2. The number of aryl methyl sites for hydroxylation is 2. The van der Waals surface area contributed by atoms with E-state index in [4.69, 9.17) is 0 Å². The van der Waals surface area contributed by atoms with E-state index in [1.165, 1.54) is 15.8 Å². The monoisotopic (exact) mass is 380 g/mol. The molecular formula is C21H24N4OS. The van der Waals surface area contributed by atoms with Crippen molar-refractivity contribution in [3.05, 3.63) is 52.7 Å². The second kappa shape index (κ2) is 7.64. The highest BCUT2D eigenvalue weighted by Gasteiger charge is 2.27. The Bertz CT molecular complexity index is 945. The number of hydrogen-bond donors (Lipinski definition) is 1. The Morgan fingerprint density at radius 3 is 2.67 bits per heavy atom. The van der Waals surface area contributed by atoms with Crippen LogP contribution in [-0.2, 0) is 11.3 Å². The van der Waals surface area contributed by atoms with Gasteiger partial charge in [0.25, 0.3) is 0 Å². The predicted octanol–water partition coefficient (Wildman–Crippen LogP) is 3.84. The number of nitrogens with zero attached hydrogens (tertiary/aromatic N) is 3. The van der Waals surface area contributed by atoms with Crippen molar-refractivity contribution >= 4 is 33.3 Å². The van der Waals surface area contributed by atoms with Crippen molar-refractivity contribution in [1.29, 1.82) is 0 Å². The van der Waals surface area contributed by atoms with E-state index in [1.54, 1.807) is 17.7 Å². The normalized spacial score (nSPS) is 15.3. The molecule has 1 saturated heterocycles. The van der Waals surface area contributed by atoms with Crippen molar-refractivity contribution in [3.63, 3.8) is 0 Å². The van der Waals surface area contributed by atoms with E-state index in [-0.39, 0.29) is 11.8 Å². The van der Waals surface area contributed by atoms with Gasteiger partial charge in [-0.1, -0.05) is 30.3 Å². The summed E-state index contributed by atoms with van der Waals surface area (Å²) in [6, 6.07) is 10.1. The first-order valence-electron chi connectivity index (χ1n) is 9.41. The van der Waals surface area contributed by atoms with Gasteiger partial charge in [0.1, 0.15) is 17.0 Å². The molecule has 3 heterocycles. The first kappa shape index (κ1) is 17.9. The maximum atomic E-state index is 12.5. The zero-order chi connectivity index (χ0) is 18.8. The van der Waals surface area contributed by atoms with Crippen LogP contribution in [0.15, 0.2) is 36.7 Å². The molecule has 0 radical (unpaired) electrons. The van der Waals surface area contributed by atoms with Crippen LogP contribution in [-0.4, -0.2) is 29.0 Å². The number of carbonyl (C=O) groups excluding carboxylic acids is 1. The number of anilines is 1. The number of piperidine rings is 1. The van der Waals surface area contributed by atoms with Gasteiger partial charge in [-0.2, -0.15) is 0 Å². The molecule has 1 N–H and O–H groups in total. The van der Waals surface area contributed by atoms with E-state index in [0.29, 0.717) is 6.54 Å². The molecular weight excluding hydrogens is 356 g/mol. The van der Waals surface area contributed by atoms with E-state index in [1.807, 2.05) is 30.3 Å². The minimum Gasteiger partial charge on any atom is -0.356 e. The van der Waals surface area contributed by atoms with E-state index < -0.39 is 0 Å². The third-order valence-electron chi connectivity index (χ3n) is 5.42. The lowest BCUT2D eigenvalue weighted by molar-refractivity contribution is -0.125.